The molecule has 0 radical (unpaired) electrons. The Morgan fingerprint density at radius 2 is 1.71 bits per heavy atom. The predicted octanol–water partition coefficient (Wildman–Crippen LogP) is 3.39. The van der Waals surface area contributed by atoms with E-state index in [0.29, 0.717) is 18.4 Å². The summed E-state index contributed by atoms with van der Waals surface area (Å²) in [7, 11) is 3.29. The number of carbonyl (C=O) groups is 1. The summed E-state index contributed by atoms with van der Waals surface area (Å²) in [4.78, 5) is 12.9. The molecule has 1 aromatic carbocycles. The van der Waals surface area contributed by atoms with Gasteiger partial charge in [-0.25, -0.2) is 0 Å². The molecule has 4 nitrogen and oxygen atoms in total. The molecule has 0 atom stereocenters. The number of amides is 1. The molecule has 0 spiro atoms. The van der Waals surface area contributed by atoms with E-state index in [9.17, 15) is 4.79 Å². The Balaban J connectivity index is 1.42. The second kappa shape index (κ2) is 6.30. The van der Waals surface area contributed by atoms with E-state index in [-0.39, 0.29) is 11.8 Å². The van der Waals surface area contributed by atoms with Gasteiger partial charge in [0.15, 0.2) is 0 Å². The minimum atomic E-state index is 0.238. The van der Waals surface area contributed by atoms with Crippen LogP contribution in [0.3, 0.4) is 0 Å². The van der Waals surface area contributed by atoms with Crippen LogP contribution in [-0.2, 0) is 11.3 Å². The number of carbonyl (C=O) groups excluding carboxylic acids is 1. The smallest absolute Gasteiger partial charge is 0.223 e. The first kappa shape index (κ1) is 15.8. The summed E-state index contributed by atoms with van der Waals surface area (Å²) >= 11 is 0. The van der Waals surface area contributed by atoms with E-state index < -0.39 is 0 Å². The summed E-state index contributed by atoms with van der Waals surface area (Å²) in [5, 5.41) is 3.18. The lowest BCUT2D eigenvalue weighted by Gasteiger charge is -2.53. The Morgan fingerprint density at radius 1 is 1.04 bits per heavy atom. The van der Waals surface area contributed by atoms with Gasteiger partial charge in [-0.3, -0.25) is 4.79 Å². The van der Waals surface area contributed by atoms with Crippen LogP contribution < -0.4 is 14.8 Å². The Hall–Kier alpha value is -1.71. The summed E-state index contributed by atoms with van der Waals surface area (Å²) in [5.74, 6) is 5.07. The summed E-state index contributed by atoms with van der Waals surface area (Å²) in [5.41, 5.74) is 0.996. The second-order valence-corrected chi connectivity index (χ2v) is 7.85. The van der Waals surface area contributed by atoms with E-state index in [1.807, 2.05) is 18.2 Å². The van der Waals surface area contributed by atoms with Gasteiger partial charge in [-0.2, -0.15) is 0 Å². The maximum absolute atomic E-state index is 12.9. The van der Waals surface area contributed by atoms with Crippen molar-refractivity contribution in [1.82, 2.24) is 5.32 Å². The third kappa shape index (κ3) is 2.76. The minimum absolute atomic E-state index is 0.238. The Bertz CT molecular complexity index is 599. The monoisotopic (exact) mass is 329 g/mol. The van der Waals surface area contributed by atoms with E-state index >= 15 is 0 Å². The zero-order valence-corrected chi connectivity index (χ0v) is 14.6. The van der Waals surface area contributed by atoms with Gasteiger partial charge >= 0.3 is 0 Å². The van der Waals surface area contributed by atoms with Crippen LogP contribution in [0.5, 0.6) is 11.5 Å². The fourth-order valence-corrected chi connectivity index (χ4v) is 5.65. The maximum atomic E-state index is 12.9. The first-order valence-electron chi connectivity index (χ1n) is 9.16. The zero-order chi connectivity index (χ0) is 16.7. The van der Waals surface area contributed by atoms with Gasteiger partial charge in [0.25, 0.3) is 0 Å². The van der Waals surface area contributed by atoms with Crippen molar-refractivity contribution in [3.8, 4) is 11.5 Å². The molecule has 4 aliphatic carbocycles. The number of hydrogen-bond acceptors (Lipinski definition) is 3. The Labute approximate surface area is 143 Å². The molecule has 0 aromatic heterocycles. The number of methoxy groups -OCH3 is 2. The average Bonchev–Trinajstić information content (AvgIpc) is 2.58. The topological polar surface area (TPSA) is 47.6 Å². The normalized spacial score (nSPS) is 33.3. The van der Waals surface area contributed by atoms with Crippen LogP contribution in [0.25, 0.3) is 0 Å². The molecular formula is C20H27NO3. The lowest BCUT2D eigenvalue weighted by atomic mass is 9.51. The highest BCUT2D eigenvalue weighted by Gasteiger charge is 2.50. The van der Waals surface area contributed by atoms with Crippen LogP contribution in [0, 0.1) is 29.6 Å². The molecule has 0 saturated heterocycles. The number of ether oxygens (including phenoxy) is 2. The minimum Gasteiger partial charge on any atom is -0.497 e. The van der Waals surface area contributed by atoms with Crippen molar-refractivity contribution in [1.29, 1.82) is 0 Å². The molecule has 24 heavy (non-hydrogen) atoms. The molecule has 4 saturated carbocycles. The van der Waals surface area contributed by atoms with Crippen molar-refractivity contribution >= 4 is 5.91 Å². The van der Waals surface area contributed by atoms with Crippen molar-refractivity contribution in [2.75, 3.05) is 14.2 Å². The third-order valence-electron chi connectivity index (χ3n) is 6.48. The molecule has 130 valence electrons. The highest BCUT2D eigenvalue weighted by atomic mass is 16.5. The number of rotatable bonds is 5. The van der Waals surface area contributed by atoms with Crippen LogP contribution in [0.2, 0.25) is 0 Å². The van der Waals surface area contributed by atoms with Crippen LogP contribution in [0.15, 0.2) is 18.2 Å². The average molecular weight is 329 g/mol. The largest absolute Gasteiger partial charge is 0.497 e. The zero-order valence-electron chi connectivity index (χ0n) is 14.6. The predicted molar refractivity (Wildman–Crippen MR) is 91.9 cm³/mol. The van der Waals surface area contributed by atoms with Gasteiger partial charge in [0.1, 0.15) is 11.5 Å². The third-order valence-corrected chi connectivity index (χ3v) is 6.48. The van der Waals surface area contributed by atoms with E-state index in [0.717, 1.165) is 28.9 Å². The highest BCUT2D eigenvalue weighted by Crippen LogP contribution is 2.56. The number of benzene rings is 1. The first-order valence-corrected chi connectivity index (χ1v) is 9.16. The molecule has 4 aliphatic rings. The lowest BCUT2D eigenvalue weighted by molar-refractivity contribution is -0.138. The van der Waals surface area contributed by atoms with Crippen LogP contribution >= 0.6 is 0 Å². The van der Waals surface area contributed by atoms with Gasteiger partial charge in [0, 0.05) is 24.1 Å². The number of nitrogens with one attached hydrogen (secondary N) is 1. The van der Waals surface area contributed by atoms with E-state index in [1.165, 1.54) is 32.1 Å². The fraction of sp³-hybridized carbons (Fsp3) is 0.650. The molecule has 4 heteroatoms. The standard InChI is InChI=1S/C20H27NO3/c1-23-17-4-3-14(18(10-17)24-2)11-21-20(22)19-15-6-12-5-13(8-15)9-16(19)7-12/h3-4,10,12-13,15-16,19H,5-9,11H2,1-2H3,(H,21,22). The van der Waals surface area contributed by atoms with Crippen LogP contribution in [0.4, 0.5) is 0 Å². The van der Waals surface area contributed by atoms with Gasteiger partial charge < -0.3 is 14.8 Å². The van der Waals surface area contributed by atoms with Gasteiger partial charge in [0.2, 0.25) is 5.91 Å². The van der Waals surface area contributed by atoms with Gasteiger partial charge in [-0.05, 0) is 67.9 Å². The summed E-state index contributed by atoms with van der Waals surface area (Å²) in [6.45, 7) is 0.523. The van der Waals surface area contributed by atoms with E-state index in [4.69, 9.17) is 9.47 Å². The molecule has 5 rings (SSSR count). The van der Waals surface area contributed by atoms with E-state index in [2.05, 4.69) is 5.32 Å². The molecule has 4 fully saturated rings. The molecule has 0 aliphatic heterocycles. The van der Waals surface area contributed by atoms with Gasteiger partial charge in [-0.15, -0.1) is 0 Å². The van der Waals surface area contributed by atoms with Crippen LogP contribution in [0.1, 0.15) is 37.7 Å². The summed E-state index contributed by atoms with van der Waals surface area (Å²) in [6, 6.07) is 5.74. The van der Waals surface area contributed by atoms with Crippen molar-refractivity contribution in [2.45, 2.75) is 38.6 Å². The van der Waals surface area contributed by atoms with Gasteiger partial charge in [-0.1, -0.05) is 0 Å². The van der Waals surface area contributed by atoms with Crippen molar-refractivity contribution in [2.24, 2.45) is 29.6 Å². The van der Waals surface area contributed by atoms with Crippen molar-refractivity contribution in [3.63, 3.8) is 0 Å². The van der Waals surface area contributed by atoms with Gasteiger partial charge in [0.05, 0.1) is 14.2 Å². The van der Waals surface area contributed by atoms with Crippen LogP contribution in [-0.4, -0.2) is 20.1 Å². The van der Waals surface area contributed by atoms with Crippen molar-refractivity contribution < 1.29 is 14.3 Å². The highest BCUT2D eigenvalue weighted by molar-refractivity contribution is 5.79. The molecule has 1 aromatic rings. The molecule has 1 N–H and O–H groups in total. The van der Waals surface area contributed by atoms with E-state index in [1.54, 1.807) is 14.2 Å². The fourth-order valence-electron chi connectivity index (χ4n) is 5.65. The summed E-state index contributed by atoms with van der Waals surface area (Å²) < 4.78 is 10.7. The first-order chi connectivity index (χ1) is 11.7. The molecule has 1 amide bonds. The van der Waals surface area contributed by atoms with Crippen molar-refractivity contribution in [3.05, 3.63) is 23.8 Å². The molecule has 0 heterocycles. The molecule has 0 unspecified atom stereocenters. The Morgan fingerprint density at radius 3 is 2.29 bits per heavy atom. The summed E-state index contributed by atoms with van der Waals surface area (Å²) in [6.07, 6.45) is 6.52. The molecule has 4 bridgehead atoms. The lowest BCUT2D eigenvalue weighted by Crippen LogP contribution is -2.50. The maximum Gasteiger partial charge on any atom is 0.223 e. The number of hydrogen-bond donors (Lipinski definition) is 1. The Kier molecular flexibility index (Phi) is 4.15. The second-order valence-electron chi connectivity index (χ2n) is 7.85. The molecular weight excluding hydrogens is 302 g/mol. The quantitative estimate of drug-likeness (QED) is 0.901. The SMILES string of the molecule is COc1ccc(CNC(=O)C2C3CC4CC(C3)CC2C4)c(OC)c1.